The Hall–Kier alpha value is -2.04. The third-order valence-electron chi connectivity index (χ3n) is 4.20. The van der Waals surface area contributed by atoms with Gasteiger partial charge in [0.25, 0.3) is 0 Å². The van der Waals surface area contributed by atoms with Crippen LogP contribution >= 0.6 is 0 Å². The summed E-state index contributed by atoms with van der Waals surface area (Å²) in [4.78, 5) is 25.5. The van der Waals surface area contributed by atoms with Crippen LogP contribution in [0.5, 0.6) is 5.75 Å². The van der Waals surface area contributed by atoms with E-state index in [2.05, 4.69) is 0 Å². The summed E-state index contributed by atoms with van der Waals surface area (Å²) in [6.45, 7) is 3.95. The molecule has 1 aromatic carbocycles. The number of carbonyl (C=O) groups is 2. The second-order valence-corrected chi connectivity index (χ2v) is 5.43. The molecule has 21 heavy (non-hydrogen) atoms. The van der Waals surface area contributed by atoms with Gasteiger partial charge in [-0.1, -0.05) is 19.1 Å². The number of benzene rings is 1. The van der Waals surface area contributed by atoms with Gasteiger partial charge in [0.2, 0.25) is 5.91 Å². The number of amides is 1. The summed E-state index contributed by atoms with van der Waals surface area (Å²) in [5.41, 5.74) is 0.842. The molecule has 1 saturated heterocycles. The second-order valence-electron chi connectivity index (χ2n) is 5.43. The smallest absolute Gasteiger partial charge is 0.309 e. The number of carboxylic acid groups (broad SMARTS) is 1. The number of ether oxygens (including phenoxy) is 1. The standard InChI is InChI=1S/C16H21NO4/c1-4-10(2)17-14(18)9-13(16(19)20)15(17)11-5-7-12(21-3)8-6-11/h5-8,10,13,15H,4,9H2,1-3H3,(H,19,20)/t10-,13-,15-/m0/s1. The van der Waals surface area contributed by atoms with Crippen molar-refractivity contribution in [3.8, 4) is 5.75 Å². The third kappa shape index (κ3) is 2.86. The van der Waals surface area contributed by atoms with E-state index in [1.807, 2.05) is 26.0 Å². The zero-order valence-corrected chi connectivity index (χ0v) is 12.6. The number of carbonyl (C=O) groups excluding carboxylic acids is 1. The van der Waals surface area contributed by atoms with Crippen molar-refractivity contribution in [2.75, 3.05) is 7.11 Å². The first-order valence-electron chi connectivity index (χ1n) is 7.17. The first kappa shape index (κ1) is 15.4. The lowest BCUT2D eigenvalue weighted by Gasteiger charge is -2.32. The summed E-state index contributed by atoms with van der Waals surface area (Å²) in [5, 5.41) is 9.43. The molecule has 1 fully saturated rings. The van der Waals surface area contributed by atoms with Crippen molar-refractivity contribution in [3.05, 3.63) is 29.8 Å². The number of hydrogen-bond donors (Lipinski definition) is 1. The number of nitrogens with zero attached hydrogens (tertiary/aromatic N) is 1. The van der Waals surface area contributed by atoms with Crippen LogP contribution in [0, 0.1) is 5.92 Å². The highest BCUT2D eigenvalue weighted by atomic mass is 16.5. The number of hydrogen-bond acceptors (Lipinski definition) is 3. The van der Waals surface area contributed by atoms with Gasteiger partial charge in [0, 0.05) is 12.5 Å². The Morgan fingerprint density at radius 3 is 2.52 bits per heavy atom. The van der Waals surface area contributed by atoms with E-state index in [1.165, 1.54) is 0 Å². The summed E-state index contributed by atoms with van der Waals surface area (Å²) in [5.74, 6) is -0.988. The van der Waals surface area contributed by atoms with Gasteiger partial charge in [-0.15, -0.1) is 0 Å². The molecule has 5 nitrogen and oxygen atoms in total. The first-order valence-corrected chi connectivity index (χ1v) is 7.17. The summed E-state index contributed by atoms with van der Waals surface area (Å²) in [6.07, 6.45) is 0.862. The van der Waals surface area contributed by atoms with Crippen LogP contribution in [0.25, 0.3) is 0 Å². The molecule has 114 valence electrons. The molecule has 3 atom stereocenters. The molecule has 1 amide bonds. The number of likely N-dealkylation sites (tertiary alicyclic amines) is 1. The molecule has 0 radical (unpaired) electrons. The first-order chi connectivity index (χ1) is 9.99. The van der Waals surface area contributed by atoms with Gasteiger partial charge in [0.05, 0.1) is 19.1 Å². The molecule has 0 saturated carbocycles. The van der Waals surface area contributed by atoms with Gasteiger partial charge in [0.15, 0.2) is 0 Å². The largest absolute Gasteiger partial charge is 0.497 e. The SMILES string of the molecule is CC[C@H](C)N1C(=O)C[C@H](C(=O)O)[C@@H]1c1ccc(OC)cc1. The number of rotatable bonds is 5. The normalized spacial score (nSPS) is 23.2. The van der Waals surface area contributed by atoms with Crippen LogP contribution < -0.4 is 4.74 Å². The number of aliphatic carboxylic acids is 1. The average molecular weight is 291 g/mol. The molecule has 2 rings (SSSR count). The fraction of sp³-hybridized carbons (Fsp3) is 0.500. The summed E-state index contributed by atoms with van der Waals surface area (Å²) < 4.78 is 5.13. The molecule has 1 heterocycles. The van der Waals surface area contributed by atoms with Crippen LogP contribution in [0.1, 0.15) is 38.3 Å². The van der Waals surface area contributed by atoms with E-state index in [4.69, 9.17) is 4.74 Å². The average Bonchev–Trinajstić information content (AvgIpc) is 2.84. The monoisotopic (exact) mass is 291 g/mol. The van der Waals surface area contributed by atoms with Crippen molar-refractivity contribution in [2.45, 2.75) is 38.8 Å². The van der Waals surface area contributed by atoms with Crippen molar-refractivity contribution in [1.82, 2.24) is 4.90 Å². The predicted molar refractivity (Wildman–Crippen MR) is 78.1 cm³/mol. The highest BCUT2D eigenvalue weighted by Gasteiger charge is 2.46. The second kappa shape index (κ2) is 6.16. The van der Waals surface area contributed by atoms with Gasteiger partial charge in [-0.2, -0.15) is 0 Å². The molecule has 1 aliphatic heterocycles. The molecular formula is C16H21NO4. The zero-order valence-electron chi connectivity index (χ0n) is 12.6. The van der Waals surface area contributed by atoms with Crippen LogP contribution in [0.4, 0.5) is 0 Å². The fourth-order valence-electron chi connectivity index (χ4n) is 2.89. The maximum absolute atomic E-state index is 12.2. The Kier molecular flexibility index (Phi) is 4.50. The molecule has 0 bridgehead atoms. The van der Waals surface area contributed by atoms with Gasteiger partial charge in [0.1, 0.15) is 5.75 Å². The highest BCUT2D eigenvalue weighted by molar-refractivity contribution is 5.87. The molecule has 0 aromatic heterocycles. The van der Waals surface area contributed by atoms with Crippen LogP contribution in [0.3, 0.4) is 0 Å². The Balaban J connectivity index is 2.40. The van der Waals surface area contributed by atoms with Gasteiger partial charge >= 0.3 is 5.97 Å². The minimum absolute atomic E-state index is 0.0222. The quantitative estimate of drug-likeness (QED) is 0.905. The lowest BCUT2D eigenvalue weighted by molar-refractivity contribution is -0.142. The van der Waals surface area contributed by atoms with E-state index >= 15 is 0 Å². The van der Waals surface area contributed by atoms with Crippen molar-refractivity contribution in [2.24, 2.45) is 5.92 Å². The predicted octanol–water partition coefficient (Wildman–Crippen LogP) is 2.47. The Morgan fingerprint density at radius 2 is 2.05 bits per heavy atom. The molecule has 0 spiro atoms. The topological polar surface area (TPSA) is 66.8 Å². The summed E-state index contributed by atoms with van der Waals surface area (Å²) >= 11 is 0. The van der Waals surface area contributed by atoms with E-state index in [9.17, 15) is 14.7 Å². The maximum atomic E-state index is 12.2. The van der Waals surface area contributed by atoms with Gasteiger partial charge < -0.3 is 14.7 Å². The Bertz CT molecular complexity index is 526. The third-order valence-corrected chi connectivity index (χ3v) is 4.20. The van der Waals surface area contributed by atoms with Crippen LogP contribution in [-0.4, -0.2) is 35.0 Å². The van der Waals surface area contributed by atoms with Crippen molar-refractivity contribution >= 4 is 11.9 Å². The van der Waals surface area contributed by atoms with Gasteiger partial charge in [-0.05, 0) is 31.0 Å². The molecule has 0 unspecified atom stereocenters. The van der Waals surface area contributed by atoms with Gasteiger partial charge in [-0.3, -0.25) is 9.59 Å². The highest BCUT2D eigenvalue weighted by Crippen LogP contribution is 2.40. The number of methoxy groups -OCH3 is 1. The molecule has 5 heteroatoms. The van der Waals surface area contributed by atoms with E-state index in [0.717, 1.165) is 12.0 Å². The van der Waals surface area contributed by atoms with Crippen LogP contribution in [0.15, 0.2) is 24.3 Å². The lowest BCUT2D eigenvalue weighted by Crippen LogP contribution is -2.37. The molecule has 0 aliphatic carbocycles. The number of carboxylic acids is 1. The zero-order chi connectivity index (χ0) is 15.6. The minimum Gasteiger partial charge on any atom is -0.497 e. The van der Waals surface area contributed by atoms with Crippen molar-refractivity contribution in [1.29, 1.82) is 0 Å². The van der Waals surface area contributed by atoms with Crippen LogP contribution in [-0.2, 0) is 9.59 Å². The Morgan fingerprint density at radius 1 is 1.43 bits per heavy atom. The van der Waals surface area contributed by atoms with Crippen molar-refractivity contribution < 1.29 is 19.4 Å². The summed E-state index contributed by atoms with van der Waals surface area (Å²) in [7, 11) is 1.58. The molecule has 1 N–H and O–H groups in total. The van der Waals surface area contributed by atoms with Crippen molar-refractivity contribution in [3.63, 3.8) is 0 Å². The fourth-order valence-corrected chi connectivity index (χ4v) is 2.89. The lowest BCUT2D eigenvalue weighted by atomic mass is 9.93. The molecular weight excluding hydrogens is 270 g/mol. The molecule has 1 aromatic rings. The van der Waals surface area contributed by atoms with E-state index in [-0.39, 0.29) is 18.4 Å². The van der Waals surface area contributed by atoms with Gasteiger partial charge in [-0.25, -0.2) is 0 Å². The maximum Gasteiger partial charge on any atom is 0.309 e. The van der Waals surface area contributed by atoms with Crippen LogP contribution in [0.2, 0.25) is 0 Å². The van der Waals surface area contributed by atoms with E-state index in [1.54, 1.807) is 24.1 Å². The summed E-state index contributed by atoms with van der Waals surface area (Å²) in [6, 6.07) is 6.89. The van der Waals surface area contributed by atoms with E-state index < -0.39 is 17.9 Å². The Labute approximate surface area is 124 Å². The molecule has 1 aliphatic rings. The van der Waals surface area contributed by atoms with E-state index in [0.29, 0.717) is 5.75 Å². The minimum atomic E-state index is -0.921.